The van der Waals surface area contributed by atoms with Crippen molar-refractivity contribution >= 4 is 39.4 Å². The van der Waals surface area contributed by atoms with Gasteiger partial charge >= 0.3 is 5.97 Å². The molecule has 2 aromatic carbocycles. The SMILES string of the molecule is CC[C@@H]1C(=O)N(c2ccc(C)cc2)C(=O)[C@@H]2C(=O)Oc3ccc(Br)cc3[C@@H]21. The Kier molecular flexibility index (Phi) is 4.38. The monoisotopic (exact) mass is 427 g/mol. The first-order valence-corrected chi connectivity index (χ1v) is 9.67. The molecule has 27 heavy (non-hydrogen) atoms. The molecule has 0 unspecified atom stereocenters. The predicted octanol–water partition coefficient (Wildman–Crippen LogP) is 3.98. The number of imide groups is 1. The quantitative estimate of drug-likeness (QED) is 0.314. The van der Waals surface area contributed by atoms with Crippen LogP contribution in [0.5, 0.6) is 5.75 Å². The zero-order valence-corrected chi connectivity index (χ0v) is 16.5. The van der Waals surface area contributed by atoms with Gasteiger partial charge in [0.05, 0.1) is 5.69 Å². The number of carbonyl (C=O) groups excluding carboxylic acids is 3. The Labute approximate surface area is 165 Å². The summed E-state index contributed by atoms with van der Waals surface area (Å²) in [4.78, 5) is 40.3. The molecule has 138 valence electrons. The van der Waals surface area contributed by atoms with E-state index in [2.05, 4.69) is 15.9 Å². The van der Waals surface area contributed by atoms with Gasteiger partial charge in [0.1, 0.15) is 11.7 Å². The van der Waals surface area contributed by atoms with Crippen LogP contribution in [0.25, 0.3) is 0 Å². The Morgan fingerprint density at radius 1 is 1.04 bits per heavy atom. The van der Waals surface area contributed by atoms with E-state index in [0.717, 1.165) is 20.5 Å². The summed E-state index contributed by atoms with van der Waals surface area (Å²) in [6, 6.07) is 12.5. The zero-order chi connectivity index (χ0) is 19.3. The van der Waals surface area contributed by atoms with Crippen molar-refractivity contribution < 1.29 is 19.1 Å². The number of hydrogen-bond donors (Lipinski definition) is 0. The fourth-order valence-electron chi connectivity index (χ4n) is 4.02. The minimum Gasteiger partial charge on any atom is -0.426 e. The van der Waals surface area contributed by atoms with Gasteiger partial charge in [0.25, 0.3) is 0 Å². The summed E-state index contributed by atoms with van der Waals surface area (Å²) in [5.74, 6) is -2.96. The number of rotatable bonds is 2. The van der Waals surface area contributed by atoms with E-state index in [9.17, 15) is 14.4 Å². The Morgan fingerprint density at radius 2 is 1.74 bits per heavy atom. The number of nitrogens with zero attached hydrogens (tertiary/aromatic N) is 1. The summed E-state index contributed by atoms with van der Waals surface area (Å²) >= 11 is 3.43. The second-order valence-corrected chi connectivity index (χ2v) is 7.88. The number of halogens is 1. The molecule has 5 nitrogen and oxygen atoms in total. The molecule has 0 bridgehead atoms. The Morgan fingerprint density at radius 3 is 2.41 bits per heavy atom. The van der Waals surface area contributed by atoms with E-state index in [0.29, 0.717) is 17.9 Å². The number of fused-ring (bicyclic) bond motifs is 3. The third-order valence-electron chi connectivity index (χ3n) is 5.34. The molecule has 3 atom stereocenters. The van der Waals surface area contributed by atoms with Crippen LogP contribution in [0.15, 0.2) is 46.9 Å². The minimum absolute atomic E-state index is 0.270. The van der Waals surface area contributed by atoms with E-state index in [4.69, 9.17) is 4.74 Å². The number of hydrogen-bond acceptors (Lipinski definition) is 4. The van der Waals surface area contributed by atoms with Crippen LogP contribution in [-0.4, -0.2) is 17.8 Å². The van der Waals surface area contributed by atoms with Crippen molar-refractivity contribution in [2.75, 3.05) is 4.90 Å². The molecule has 2 aliphatic rings. The van der Waals surface area contributed by atoms with Gasteiger partial charge in [0.2, 0.25) is 11.8 Å². The van der Waals surface area contributed by atoms with Crippen LogP contribution in [0.3, 0.4) is 0 Å². The molecule has 0 N–H and O–H groups in total. The standard InChI is InChI=1S/C21H18BrNO4/c1-3-14-17-15-10-12(22)6-9-16(15)27-21(26)18(17)20(25)23(19(14)24)13-7-4-11(2)5-8-13/h4-10,14,17-18H,3H2,1-2H3/t14-,17-,18+/m0/s1. The molecule has 0 aromatic heterocycles. The Bertz CT molecular complexity index is 953. The average Bonchev–Trinajstić information content (AvgIpc) is 2.64. The molecule has 0 aliphatic carbocycles. The number of ether oxygens (including phenoxy) is 1. The van der Waals surface area contributed by atoms with Crippen LogP contribution in [0, 0.1) is 18.8 Å². The lowest BCUT2D eigenvalue weighted by atomic mass is 9.70. The van der Waals surface area contributed by atoms with E-state index >= 15 is 0 Å². The molecule has 4 rings (SSSR count). The Balaban J connectivity index is 1.85. The van der Waals surface area contributed by atoms with E-state index in [1.165, 1.54) is 0 Å². The molecule has 0 saturated carbocycles. The minimum atomic E-state index is -1.02. The second-order valence-electron chi connectivity index (χ2n) is 6.97. The summed E-state index contributed by atoms with van der Waals surface area (Å²) < 4.78 is 6.25. The fraction of sp³-hybridized carbons (Fsp3) is 0.286. The summed E-state index contributed by atoms with van der Waals surface area (Å²) in [6.45, 7) is 3.84. The highest BCUT2D eigenvalue weighted by Gasteiger charge is 2.55. The van der Waals surface area contributed by atoms with Crippen molar-refractivity contribution in [2.45, 2.75) is 26.2 Å². The summed E-state index contributed by atoms with van der Waals surface area (Å²) in [5.41, 5.74) is 2.24. The van der Waals surface area contributed by atoms with E-state index in [-0.39, 0.29) is 5.91 Å². The lowest BCUT2D eigenvalue weighted by molar-refractivity contribution is -0.151. The van der Waals surface area contributed by atoms with Gasteiger partial charge in [0, 0.05) is 21.9 Å². The first-order valence-electron chi connectivity index (χ1n) is 8.88. The molecule has 2 heterocycles. The van der Waals surface area contributed by atoms with Crippen LogP contribution < -0.4 is 9.64 Å². The maximum atomic E-state index is 13.2. The predicted molar refractivity (Wildman–Crippen MR) is 103 cm³/mol. The highest BCUT2D eigenvalue weighted by atomic mass is 79.9. The number of esters is 1. The molecular formula is C21H18BrNO4. The molecular weight excluding hydrogens is 410 g/mol. The van der Waals surface area contributed by atoms with Gasteiger partial charge in [-0.25, -0.2) is 4.90 Å². The van der Waals surface area contributed by atoms with Gasteiger partial charge in [-0.2, -0.15) is 0 Å². The number of anilines is 1. The average molecular weight is 428 g/mol. The molecule has 2 amide bonds. The molecule has 1 saturated heterocycles. The van der Waals surface area contributed by atoms with Crippen molar-refractivity contribution in [3.05, 3.63) is 58.1 Å². The highest BCUT2D eigenvalue weighted by Crippen LogP contribution is 2.48. The molecule has 6 heteroatoms. The first kappa shape index (κ1) is 17.9. The fourth-order valence-corrected chi connectivity index (χ4v) is 4.40. The van der Waals surface area contributed by atoms with Crippen molar-refractivity contribution in [1.82, 2.24) is 0 Å². The molecule has 2 aromatic rings. The topological polar surface area (TPSA) is 63.7 Å². The second kappa shape index (κ2) is 6.60. The van der Waals surface area contributed by atoms with Crippen molar-refractivity contribution in [1.29, 1.82) is 0 Å². The Hall–Kier alpha value is -2.47. The van der Waals surface area contributed by atoms with Crippen LogP contribution in [0.4, 0.5) is 5.69 Å². The maximum absolute atomic E-state index is 13.2. The van der Waals surface area contributed by atoms with Gasteiger partial charge in [-0.15, -0.1) is 0 Å². The van der Waals surface area contributed by atoms with Crippen molar-refractivity contribution in [3.8, 4) is 5.75 Å². The van der Waals surface area contributed by atoms with Crippen LogP contribution >= 0.6 is 15.9 Å². The largest absolute Gasteiger partial charge is 0.426 e. The van der Waals surface area contributed by atoms with Gasteiger partial charge in [-0.05, 0) is 43.7 Å². The summed E-state index contributed by atoms with van der Waals surface area (Å²) in [5, 5.41) is 0. The lowest BCUT2D eigenvalue weighted by Gasteiger charge is -2.43. The lowest BCUT2D eigenvalue weighted by Crippen LogP contribution is -2.57. The first-order chi connectivity index (χ1) is 12.9. The third-order valence-corrected chi connectivity index (χ3v) is 5.84. The van der Waals surface area contributed by atoms with Crippen LogP contribution in [-0.2, 0) is 14.4 Å². The van der Waals surface area contributed by atoms with Gasteiger partial charge in [0.15, 0.2) is 0 Å². The number of piperidine rings is 1. The highest BCUT2D eigenvalue weighted by molar-refractivity contribution is 9.10. The number of amides is 2. The van der Waals surface area contributed by atoms with Gasteiger partial charge in [-0.3, -0.25) is 14.4 Å². The summed E-state index contributed by atoms with van der Waals surface area (Å²) in [7, 11) is 0. The zero-order valence-electron chi connectivity index (χ0n) is 14.9. The molecule has 2 aliphatic heterocycles. The maximum Gasteiger partial charge on any atom is 0.324 e. The van der Waals surface area contributed by atoms with E-state index in [1.54, 1.807) is 24.3 Å². The van der Waals surface area contributed by atoms with Gasteiger partial charge in [-0.1, -0.05) is 40.5 Å². The van der Waals surface area contributed by atoms with Crippen LogP contribution in [0.2, 0.25) is 0 Å². The molecule has 1 fully saturated rings. The number of carbonyl (C=O) groups is 3. The third kappa shape index (κ3) is 2.79. The van der Waals surface area contributed by atoms with E-state index in [1.807, 2.05) is 32.0 Å². The van der Waals surface area contributed by atoms with Crippen molar-refractivity contribution in [2.24, 2.45) is 11.8 Å². The van der Waals surface area contributed by atoms with E-state index < -0.39 is 29.6 Å². The number of benzene rings is 2. The number of aryl methyl sites for hydroxylation is 1. The van der Waals surface area contributed by atoms with Crippen LogP contribution in [0.1, 0.15) is 30.4 Å². The van der Waals surface area contributed by atoms with Gasteiger partial charge < -0.3 is 4.74 Å². The normalized spacial score (nSPS) is 24.3. The molecule has 0 spiro atoms. The van der Waals surface area contributed by atoms with Crippen molar-refractivity contribution in [3.63, 3.8) is 0 Å². The summed E-state index contributed by atoms with van der Waals surface area (Å²) in [6.07, 6.45) is 0.523. The smallest absolute Gasteiger partial charge is 0.324 e. The molecule has 0 radical (unpaired) electrons.